The highest BCUT2D eigenvalue weighted by molar-refractivity contribution is 14.0. The summed E-state index contributed by atoms with van der Waals surface area (Å²) in [6, 6.07) is 4.07. The minimum absolute atomic E-state index is 0. The zero-order valence-corrected chi connectivity index (χ0v) is 16.5. The van der Waals surface area contributed by atoms with Gasteiger partial charge in [0.2, 0.25) is 0 Å². The summed E-state index contributed by atoms with van der Waals surface area (Å²) in [7, 11) is 0. The van der Waals surface area contributed by atoms with Gasteiger partial charge in [0.05, 0.1) is 12.2 Å². The van der Waals surface area contributed by atoms with Crippen molar-refractivity contribution in [3.63, 3.8) is 0 Å². The molecule has 1 aromatic heterocycles. The molecule has 2 unspecified atom stereocenters. The summed E-state index contributed by atoms with van der Waals surface area (Å²) in [6.07, 6.45) is 3.16. The van der Waals surface area contributed by atoms with Crippen molar-refractivity contribution in [1.82, 2.24) is 15.2 Å². The number of guanidine groups is 1. The van der Waals surface area contributed by atoms with E-state index in [4.69, 9.17) is 4.99 Å². The summed E-state index contributed by atoms with van der Waals surface area (Å²) in [5.74, 6) is 2.49. The molecular formula is C17H29IN4. The van der Waals surface area contributed by atoms with Crippen LogP contribution in [-0.2, 0) is 6.54 Å². The molecule has 0 saturated carbocycles. The smallest absolute Gasteiger partial charge is 0.194 e. The van der Waals surface area contributed by atoms with Crippen molar-refractivity contribution in [1.29, 1.82) is 0 Å². The van der Waals surface area contributed by atoms with E-state index in [0.29, 0.717) is 6.54 Å². The molecule has 124 valence electrons. The molecule has 0 spiro atoms. The average molecular weight is 416 g/mol. The Labute approximate surface area is 151 Å². The largest absolute Gasteiger partial charge is 0.357 e. The van der Waals surface area contributed by atoms with Crippen molar-refractivity contribution >= 4 is 29.9 Å². The lowest BCUT2D eigenvalue weighted by atomic mass is 9.92. The molecule has 0 bridgehead atoms. The summed E-state index contributed by atoms with van der Waals surface area (Å²) in [5.41, 5.74) is 2.27. The lowest BCUT2D eigenvalue weighted by Gasteiger charge is -2.37. The van der Waals surface area contributed by atoms with Crippen molar-refractivity contribution in [3.8, 4) is 0 Å². The van der Waals surface area contributed by atoms with Gasteiger partial charge in [-0.1, -0.05) is 19.9 Å². The predicted octanol–water partition coefficient (Wildman–Crippen LogP) is 3.45. The predicted molar refractivity (Wildman–Crippen MR) is 104 cm³/mol. The molecular weight excluding hydrogens is 387 g/mol. The van der Waals surface area contributed by atoms with Crippen LogP contribution in [0.25, 0.3) is 0 Å². The molecule has 2 heterocycles. The Balaban J connectivity index is 0.00000242. The Morgan fingerprint density at radius 2 is 2.05 bits per heavy atom. The van der Waals surface area contributed by atoms with Crippen LogP contribution in [0.1, 0.15) is 38.4 Å². The highest BCUT2D eigenvalue weighted by Gasteiger charge is 2.23. The van der Waals surface area contributed by atoms with E-state index in [1.54, 1.807) is 0 Å². The van der Waals surface area contributed by atoms with Crippen LogP contribution in [0, 0.1) is 18.8 Å². The Hall–Kier alpha value is -0.850. The fraction of sp³-hybridized carbons (Fsp3) is 0.647. The number of hydrogen-bond acceptors (Lipinski definition) is 2. The van der Waals surface area contributed by atoms with Crippen molar-refractivity contribution in [2.24, 2.45) is 16.8 Å². The molecule has 5 heteroatoms. The van der Waals surface area contributed by atoms with Crippen LogP contribution in [0.15, 0.2) is 23.3 Å². The van der Waals surface area contributed by atoms with E-state index in [0.717, 1.165) is 43.1 Å². The van der Waals surface area contributed by atoms with E-state index in [-0.39, 0.29) is 24.0 Å². The molecule has 22 heavy (non-hydrogen) atoms. The number of nitrogens with zero attached hydrogens (tertiary/aromatic N) is 3. The van der Waals surface area contributed by atoms with Gasteiger partial charge in [0.15, 0.2) is 5.96 Å². The fourth-order valence-corrected chi connectivity index (χ4v) is 3.10. The van der Waals surface area contributed by atoms with Gasteiger partial charge in [-0.2, -0.15) is 0 Å². The van der Waals surface area contributed by atoms with Crippen molar-refractivity contribution in [2.75, 3.05) is 19.6 Å². The highest BCUT2D eigenvalue weighted by Crippen LogP contribution is 2.21. The van der Waals surface area contributed by atoms with Crippen LogP contribution >= 0.6 is 24.0 Å². The standard InChI is InChI=1S/C17H28N4.HI/c1-5-18-17(21-11-13(2)9-14(3)12-21)20-10-16-15(4)7-6-8-19-16;/h6-8,13-14H,5,9-12H2,1-4H3,(H,18,20);1H. The lowest BCUT2D eigenvalue weighted by Crippen LogP contribution is -2.48. The average Bonchev–Trinajstić information content (AvgIpc) is 2.44. The second kappa shape index (κ2) is 9.33. The molecule has 4 nitrogen and oxygen atoms in total. The molecule has 1 fully saturated rings. The molecule has 2 rings (SSSR count). The van der Waals surface area contributed by atoms with Crippen molar-refractivity contribution < 1.29 is 0 Å². The Morgan fingerprint density at radius 3 is 2.64 bits per heavy atom. The van der Waals surface area contributed by atoms with E-state index in [1.807, 2.05) is 12.3 Å². The van der Waals surface area contributed by atoms with Crippen molar-refractivity contribution in [2.45, 2.75) is 40.7 Å². The lowest BCUT2D eigenvalue weighted by molar-refractivity contribution is 0.208. The Kier molecular flexibility index (Phi) is 8.14. The van der Waals surface area contributed by atoms with E-state index >= 15 is 0 Å². The molecule has 1 aliphatic heterocycles. The fourth-order valence-electron chi connectivity index (χ4n) is 3.10. The maximum atomic E-state index is 4.81. The third kappa shape index (κ3) is 5.41. The third-order valence-electron chi connectivity index (χ3n) is 4.00. The van der Waals surface area contributed by atoms with Crippen molar-refractivity contribution in [3.05, 3.63) is 29.6 Å². The number of nitrogens with one attached hydrogen (secondary N) is 1. The highest BCUT2D eigenvalue weighted by atomic mass is 127. The van der Waals surface area contributed by atoms with Crippen LogP contribution in [0.3, 0.4) is 0 Å². The first-order chi connectivity index (χ1) is 10.1. The van der Waals surface area contributed by atoms with Crippen LogP contribution in [0.5, 0.6) is 0 Å². The van der Waals surface area contributed by atoms with E-state index in [2.05, 4.69) is 49.0 Å². The van der Waals surface area contributed by atoms with Gasteiger partial charge in [-0.05, 0) is 43.7 Å². The number of aliphatic imine (C=N–C) groups is 1. The van der Waals surface area contributed by atoms with E-state index in [1.165, 1.54) is 12.0 Å². The quantitative estimate of drug-likeness (QED) is 0.466. The molecule has 1 N–H and O–H groups in total. The van der Waals surface area contributed by atoms with E-state index in [9.17, 15) is 0 Å². The van der Waals surface area contributed by atoms with Gasteiger partial charge < -0.3 is 10.2 Å². The SMILES string of the molecule is CCNC(=NCc1ncccc1C)N1CC(C)CC(C)C1.I. The van der Waals surface area contributed by atoms with Crippen LogP contribution in [0.4, 0.5) is 0 Å². The minimum Gasteiger partial charge on any atom is -0.357 e. The summed E-state index contributed by atoms with van der Waals surface area (Å²) in [6.45, 7) is 12.6. The molecule has 1 saturated heterocycles. The molecule has 2 atom stereocenters. The monoisotopic (exact) mass is 416 g/mol. The molecule has 1 aliphatic rings. The normalized spacial score (nSPS) is 22.2. The number of likely N-dealkylation sites (tertiary alicyclic amines) is 1. The van der Waals surface area contributed by atoms with Gasteiger partial charge >= 0.3 is 0 Å². The summed E-state index contributed by atoms with van der Waals surface area (Å²) < 4.78 is 0. The summed E-state index contributed by atoms with van der Waals surface area (Å²) in [4.78, 5) is 11.6. The number of halogens is 1. The zero-order chi connectivity index (χ0) is 15.2. The maximum Gasteiger partial charge on any atom is 0.194 e. The Bertz CT molecular complexity index is 479. The number of hydrogen-bond donors (Lipinski definition) is 1. The summed E-state index contributed by atoms with van der Waals surface area (Å²) in [5, 5.41) is 3.43. The molecule has 0 aliphatic carbocycles. The first-order valence-corrected chi connectivity index (χ1v) is 8.03. The second-order valence-corrected chi connectivity index (χ2v) is 6.29. The Morgan fingerprint density at radius 1 is 1.36 bits per heavy atom. The van der Waals surface area contributed by atoms with Gasteiger partial charge in [-0.15, -0.1) is 24.0 Å². The zero-order valence-electron chi connectivity index (χ0n) is 14.2. The summed E-state index contributed by atoms with van der Waals surface area (Å²) >= 11 is 0. The second-order valence-electron chi connectivity index (χ2n) is 6.29. The van der Waals surface area contributed by atoms with Crippen LogP contribution in [0.2, 0.25) is 0 Å². The van der Waals surface area contributed by atoms with Gasteiger partial charge in [-0.25, -0.2) is 4.99 Å². The minimum atomic E-state index is 0. The number of rotatable bonds is 3. The van der Waals surface area contributed by atoms with Gasteiger partial charge in [0, 0.05) is 25.8 Å². The maximum absolute atomic E-state index is 4.81. The van der Waals surface area contributed by atoms with E-state index < -0.39 is 0 Å². The van der Waals surface area contributed by atoms with Crippen LogP contribution < -0.4 is 5.32 Å². The molecule has 0 aromatic carbocycles. The van der Waals surface area contributed by atoms with Gasteiger partial charge in [0.1, 0.15) is 0 Å². The van der Waals surface area contributed by atoms with Gasteiger partial charge in [0.25, 0.3) is 0 Å². The molecule has 0 amide bonds. The third-order valence-corrected chi connectivity index (χ3v) is 4.00. The number of piperidine rings is 1. The van der Waals surface area contributed by atoms with Gasteiger partial charge in [-0.3, -0.25) is 4.98 Å². The first-order valence-electron chi connectivity index (χ1n) is 8.03. The first kappa shape index (κ1) is 19.2. The van der Waals surface area contributed by atoms with Crippen LogP contribution in [-0.4, -0.2) is 35.5 Å². The number of pyridine rings is 1. The topological polar surface area (TPSA) is 40.5 Å². The number of aryl methyl sites for hydroxylation is 1. The molecule has 1 aromatic rings. The number of aromatic nitrogens is 1. The molecule has 0 radical (unpaired) electrons.